The van der Waals surface area contributed by atoms with Gasteiger partial charge in [0.05, 0.1) is 4.92 Å². The van der Waals surface area contributed by atoms with Gasteiger partial charge >= 0.3 is 0 Å². The molecule has 3 rings (SSSR count). The molecule has 0 aliphatic heterocycles. The third kappa shape index (κ3) is 4.77. The zero-order valence-electron chi connectivity index (χ0n) is 13.8. The predicted molar refractivity (Wildman–Crippen MR) is 98.9 cm³/mol. The van der Waals surface area contributed by atoms with Crippen molar-refractivity contribution in [2.75, 3.05) is 5.32 Å². The van der Waals surface area contributed by atoms with Crippen LogP contribution in [0.15, 0.2) is 60.9 Å². The molecule has 0 radical (unpaired) electrons. The number of halogens is 1. The third-order valence-electron chi connectivity index (χ3n) is 3.50. The molecule has 0 atom stereocenters. The van der Waals surface area contributed by atoms with Crippen LogP contribution in [-0.2, 0) is 6.61 Å². The van der Waals surface area contributed by atoms with Gasteiger partial charge < -0.3 is 10.1 Å². The van der Waals surface area contributed by atoms with E-state index in [-0.39, 0.29) is 28.0 Å². The molecule has 0 aliphatic carbocycles. The number of carbonyl (C=O) groups is 1. The van der Waals surface area contributed by atoms with Crippen LogP contribution < -0.4 is 10.1 Å². The number of aromatic nitrogens is 2. The van der Waals surface area contributed by atoms with Crippen molar-refractivity contribution in [2.45, 2.75) is 6.61 Å². The Bertz CT molecular complexity index is 982. The highest BCUT2D eigenvalue weighted by Gasteiger charge is 2.15. The van der Waals surface area contributed by atoms with Gasteiger partial charge in [0.2, 0.25) is 5.88 Å². The van der Waals surface area contributed by atoms with Crippen LogP contribution in [0.4, 0.5) is 11.4 Å². The first-order valence-corrected chi connectivity index (χ1v) is 8.15. The Labute approximate surface area is 158 Å². The van der Waals surface area contributed by atoms with E-state index in [1.165, 1.54) is 30.6 Å². The number of hydrogen-bond donors (Lipinski definition) is 1. The molecule has 1 N–H and O–H groups in total. The van der Waals surface area contributed by atoms with Gasteiger partial charge in [-0.3, -0.25) is 14.9 Å². The van der Waals surface area contributed by atoms with E-state index >= 15 is 0 Å². The molecule has 1 heterocycles. The number of nitro benzene ring substituents is 1. The fourth-order valence-electron chi connectivity index (χ4n) is 2.20. The third-order valence-corrected chi connectivity index (χ3v) is 3.82. The first-order valence-electron chi connectivity index (χ1n) is 7.77. The van der Waals surface area contributed by atoms with Gasteiger partial charge in [0.25, 0.3) is 11.6 Å². The summed E-state index contributed by atoms with van der Waals surface area (Å²) in [5, 5.41) is 13.5. The fraction of sp³-hybridized carbons (Fsp3) is 0.0556. The van der Waals surface area contributed by atoms with Crippen LogP contribution in [0, 0.1) is 10.1 Å². The van der Waals surface area contributed by atoms with Crippen LogP contribution in [0.1, 0.15) is 16.1 Å². The Balaban J connectivity index is 1.70. The first-order chi connectivity index (χ1) is 13.0. The Morgan fingerprint density at radius 3 is 2.67 bits per heavy atom. The van der Waals surface area contributed by atoms with Crippen LogP contribution in [-0.4, -0.2) is 20.8 Å². The van der Waals surface area contributed by atoms with Crippen LogP contribution in [0.2, 0.25) is 5.02 Å². The maximum Gasteiger partial charge on any atom is 0.289 e. The minimum atomic E-state index is -0.627. The smallest absolute Gasteiger partial charge is 0.289 e. The standard InChI is InChI=1S/C18H13ClN4O4/c19-14-7-6-13(8-16(14)23(25)26)22-18(24)15-9-17(21-11-20-15)27-10-12-4-2-1-3-5-12/h1-9,11H,10H2,(H,22,24). The Hall–Kier alpha value is -3.52. The van der Waals surface area contributed by atoms with E-state index in [1.807, 2.05) is 30.3 Å². The van der Waals surface area contributed by atoms with Crippen molar-refractivity contribution >= 4 is 28.9 Å². The van der Waals surface area contributed by atoms with Crippen LogP contribution in [0.25, 0.3) is 0 Å². The minimum Gasteiger partial charge on any atom is -0.473 e. The van der Waals surface area contributed by atoms with Crippen LogP contribution in [0.3, 0.4) is 0 Å². The Kier molecular flexibility index (Phi) is 5.58. The quantitative estimate of drug-likeness (QED) is 0.510. The highest BCUT2D eigenvalue weighted by Crippen LogP contribution is 2.27. The summed E-state index contributed by atoms with van der Waals surface area (Å²) < 4.78 is 5.56. The van der Waals surface area contributed by atoms with E-state index in [1.54, 1.807) is 0 Å². The van der Waals surface area contributed by atoms with Crippen LogP contribution >= 0.6 is 11.6 Å². The number of nitrogens with zero attached hydrogens (tertiary/aromatic N) is 3. The van der Waals surface area contributed by atoms with Gasteiger partial charge in [0.1, 0.15) is 23.7 Å². The van der Waals surface area contributed by atoms with E-state index in [4.69, 9.17) is 16.3 Å². The molecular formula is C18H13ClN4O4. The molecule has 0 saturated carbocycles. The molecule has 0 saturated heterocycles. The molecule has 1 amide bonds. The molecule has 0 bridgehead atoms. The number of hydrogen-bond acceptors (Lipinski definition) is 6. The van der Waals surface area contributed by atoms with Crippen LogP contribution in [0.5, 0.6) is 5.88 Å². The lowest BCUT2D eigenvalue weighted by molar-refractivity contribution is -0.384. The van der Waals surface area contributed by atoms with Gasteiger partial charge in [-0.2, -0.15) is 0 Å². The van der Waals surface area contributed by atoms with Gasteiger partial charge in [0.15, 0.2) is 0 Å². The molecule has 0 unspecified atom stereocenters. The number of carbonyl (C=O) groups excluding carboxylic acids is 1. The number of anilines is 1. The first kappa shape index (κ1) is 18.3. The van der Waals surface area contributed by atoms with Gasteiger partial charge in [0, 0.05) is 17.8 Å². The van der Waals surface area contributed by atoms with E-state index in [9.17, 15) is 14.9 Å². The lowest BCUT2D eigenvalue weighted by atomic mass is 10.2. The van der Waals surface area contributed by atoms with E-state index in [2.05, 4.69) is 15.3 Å². The van der Waals surface area contributed by atoms with Crippen molar-refractivity contribution in [3.8, 4) is 5.88 Å². The summed E-state index contributed by atoms with van der Waals surface area (Å²) in [7, 11) is 0. The largest absolute Gasteiger partial charge is 0.473 e. The summed E-state index contributed by atoms with van der Waals surface area (Å²) in [6, 6.07) is 14.9. The highest BCUT2D eigenvalue weighted by atomic mass is 35.5. The molecule has 2 aromatic carbocycles. The molecule has 136 valence electrons. The predicted octanol–water partition coefficient (Wildman–Crippen LogP) is 3.87. The minimum absolute atomic E-state index is 0.0170. The molecule has 1 aromatic heterocycles. The molecule has 0 aliphatic rings. The number of nitrogens with one attached hydrogen (secondary N) is 1. The number of rotatable bonds is 6. The molecular weight excluding hydrogens is 372 g/mol. The maximum atomic E-state index is 12.3. The fourth-order valence-corrected chi connectivity index (χ4v) is 2.39. The number of ether oxygens (including phenoxy) is 1. The summed E-state index contributed by atoms with van der Waals surface area (Å²) in [5.74, 6) is -0.320. The lowest BCUT2D eigenvalue weighted by Gasteiger charge is -2.08. The average Bonchev–Trinajstić information content (AvgIpc) is 2.68. The van der Waals surface area contributed by atoms with Gasteiger partial charge in [-0.25, -0.2) is 9.97 Å². The number of benzene rings is 2. The monoisotopic (exact) mass is 384 g/mol. The molecule has 0 fully saturated rings. The highest BCUT2D eigenvalue weighted by molar-refractivity contribution is 6.32. The zero-order valence-corrected chi connectivity index (χ0v) is 14.6. The second kappa shape index (κ2) is 8.24. The summed E-state index contributed by atoms with van der Waals surface area (Å²) in [4.78, 5) is 30.5. The van der Waals surface area contributed by atoms with Crippen molar-refractivity contribution in [1.82, 2.24) is 9.97 Å². The maximum absolute atomic E-state index is 12.3. The SMILES string of the molecule is O=C(Nc1ccc(Cl)c([N+](=O)[O-])c1)c1cc(OCc2ccccc2)ncn1. The Morgan fingerprint density at radius 2 is 1.93 bits per heavy atom. The lowest BCUT2D eigenvalue weighted by Crippen LogP contribution is -2.14. The average molecular weight is 385 g/mol. The van der Waals surface area contributed by atoms with Crippen molar-refractivity contribution in [3.05, 3.63) is 87.3 Å². The van der Waals surface area contributed by atoms with Gasteiger partial charge in [-0.1, -0.05) is 41.9 Å². The van der Waals surface area contributed by atoms with E-state index in [0.29, 0.717) is 6.61 Å². The molecule has 3 aromatic rings. The summed E-state index contributed by atoms with van der Waals surface area (Å²) in [6.45, 7) is 0.294. The molecule has 8 nitrogen and oxygen atoms in total. The molecule has 9 heteroatoms. The molecule has 27 heavy (non-hydrogen) atoms. The Morgan fingerprint density at radius 1 is 1.15 bits per heavy atom. The normalized spacial score (nSPS) is 10.3. The van der Waals surface area contributed by atoms with Crippen molar-refractivity contribution in [2.24, 2.45) is 0 Å². The van der Waals surface area contributed by atoms with Crippen molar-refractivity contribution in [1.29, 1.82) is 0 Å². The summed E-state index contributed by atoms with van der Waals surface area (Å²) >= 11 is 5.76. The second-order valence-corrected chi connectivity index (χ2v) is 5.80. The van der Waals surface area contributed by atoms with E-state index in [0.717, 1.165) is 5.56 Å². The number of amides is 1. The summed E-state index contributed by atoms with van der Waals surface area (Å²) in [5.41, 5.74) is 0.937. The second-order valence-electron chi connectivity index (χ2n) is 5.39. The number of nitro groups is 1. The summed E-state index contributed by atoms with van der Waals surface area (Å²) in [6.07, 6.45) is 1.21. The van der Waals surface area contributed by atoms with Gasteiger partial charge in [-0.05, 0) is 17.7 Å². The molecule has 0 spiro atoms. The van der Waals surface area contributed by atoms with E-state index < -0.39 is 10.8 Å². The van der Waals surface area contributed by atoms with Crippen molar-refractivity contribution in [3.63, 3.8) is 0 Å². The zero-order chi connectivity index (χ0) is 19.2. The van der Waals surface area contributed by atoms with Gasteiger partial charge in [-0.15, -0.1) is 0 Å². The van der Waals surface area contributed by atoms with Crippen molar-refractivity contribution < 1.29 is 14.5 Å². The topological polar surface area (TPSA) is 107 Å².